The first-order chi connectivity index (χ1) is 15.9. The van der Waals surface area contributed by atoms with Crippen LogP contribution >= 0.6 is 0 Å². The summed E-state index contributed by atoms with van der Waals surface area (Å²) in [7, 11) is 3.06. The topological polar surface area (TPSA) is 116 Å². The number of fused-ring (bicyclic) bond motifs is 1. The van der Waals surface area contributed by atoms with Gasteiger partial charge in [0.1, 0.15) is 17.1 Å². The van der Waals surface area contributed by atoms with Crippen LogP contribution in [0.1, 0.15) is 16.1 Å². The summed E-state index contributed by atoms with van der Waals surface area (Å²) < 4.78 is 16.1. The third-order valence-corrected chi connectivity index (χ3v) is 4.97. The predicted octanol–water partition coefficient (Wildman–Crippen LogP) is 5.22. The van der Waals surface area contributed by atoms with E-state index in [4.69, 9.17) is 13.9 Å². The van der Waals surface area contributed by atoms with Crippen molar-refractivity contribution >= 4 is 33.9 Å². The van der Waals surface area contributed by atoms with Crippen LogP contribution in [0, 0.1) is 10.1 Å². The number of amides is 1. The van der Waals surface area contributed by atoms with Gasteiger partial charge in [-0.25, -0.2) is 0 Å². The summed E-state index contributed by atoms with van der Waals surface area (Å²) >= 11 is 0. The van der Waals surface area contributed by atoms with Crippen LogP contribution in [0.25, 0.3) is 11.0 Å². The van der Waals surface area contributed by atoms with Crippen molar-refractivity contribution in [2.24, 2.45) is 0 Å². The lowest BCUT2D eigenvalue weighted by Gasteiger charge is -2.08. The number of hydrogen-bond acceptors (Lipinski definition) is 7. The molecule has 0 saturated heterocycles. The Morgan fingerprint density at radius 1 is 0.970 bits per heavy atom. The van der Waals surface area contributed by atoms with Gasteiger partial charge < -0.3 is 24.5 Å². The molecule has 1 aromatic heterocycles. The van der Waals surface area contributed by atoms with Crippen molar-refractivity contribution in [3.8, 4) is 11.5 Å². The monoisotopic (exact) mass is 447 g/mol. The van der Waals surface area contributed by atoms with Crippen molar-refractivity contribution in [1.29, 1.82) is 0 Å². The molecule has 0 aliphatic heterocycles. The van der Waals surface area contributed by atoms with Gasteiger partial charge in [0.2, 0.25) is 0 Å². The molecule has 0 aliphatic carbocycles. The molecule has 2 N–H and O–H groups in total. The smallest absolute Gasteiger partial charge is 0.291 e. The zero-order valence-electron chi connectivity index (χ0n) is 18.0. The Labute approximate surface area is 189 Å². The van der Waals surface area contributed by atoms with Crippen molar-refractivity contribution in [3.05, 3.63) is 88.2 Å². The third kappa shape index (κ3) is 5.04. The molecule has 0 radical (unpaired) electrons. The van der Waals surface area contributed by atoms with Gasteiger partial charge in [0.05, 0.1) is 19.1 Å². The van der Waals surface area contributed by atoms with Crippen LogP contribution in [0.3, 0.4) is 0 Å². The molecule has 168 valence electrons. The third-order valence-electron chi connectivity index (χ3n) is 4.97. The molecule has 4 rings (SSSR count). The molecule has 1 amide bonds. The number of furan rings is 1. The van der Waals surface area contributed by atoms with Gasteiger partial charge >= 0.3 is 0 Å². The number of ether oxygens (including phenoxy) is 2. The fraction of sp³-hybridized carbons (Fsp3) is 0.125. The highest BCUT2D eigenvalue weighted by molar-refractivity contribution is 6.05. The Bertz CT molecular complexity index is 1310. The number of nitro groups is 1. The summed E-state index contributed by atoms with van der Waals surface area (Å²) in [6.45, 7) is 0.413. The summed E-state index contributed by atoms with van der Waals surface area (Å²) in [5, 5.41) is 17.7. The maximum Gasteiger partial charge on any atom is 0.291 e. The number of benzene rings is 3. The average Bonchev–Trinajstić information content (AvgIpc) is 3.26. The van der Waals surface area contributed by atoms with Gasteiger partial charge in [-0.1, -0.05) is 12.1 Å². The number of non-ortho nitro benzene ring substituents is 1. The minimum absolute atomic E-state index is 0.0453. The molecule has 4 aromatic rings. The van der Waals surface area contributed by atoms with Gasteiger partial charge in [0.25, 0.3) is 11.6 Å². The van der Waals surface area contributed by atoms with Crippen molar-refractivity contribution in [1.82, 2.24) is 0 Å². The zero-order valence-corrected chi connectivity index (χ0v) is 18.0. The fourth-order valence-electron chi connectivity index (χ4n) is 3.32. The Morgan fingerprint density at radius 2 is 1.73 bits per heavy atom. The first kappa shape index (κ1) is 21.7. The lowest BCUT2D eigenvalue weighted by Crippen LogP contribution is -2.11. The zero-order chi connectivity index (χ0) is 23.4. The molecule has 0 saturated carbocycles. The number of anilines is 2. The summed E-state index contributed by atoms with van der Waals surface area (Å²) in [6, 6.07) is 18.6. The van der Waals surface area contributed by atoms with Gasteiger partial charge in [-0.2, -0.15) is 0 Å². The van der Waals surface area contributed by atoms with Crippen molar-refractivity contribution in [3.63, 3.8) is 0 Å². The van der Waals surface area contributed by atoms with Crippen molar-refractivity contribution in [2.45, 2.75) is 6.54 Å². The fourth-order valence-corrected chi connectivity index (χ4v) is 3.32. The molecule has 3 aromatic carbocycles. The second-order valence-electron chi connectivity index (χ2n) is 7.20. The maximum absolute atomic E-state index is 12.7. The molecular weight excluding hydrogens is 426 g/mol. The van der Waals surface area contributed by atoms with Gasteiger partial charge in [0, 0.05) is 53.6 Å². The van der Waals surface area contributed by atoms with E-state index >= 15 is 0 Å². The Kier molecular flexibility index (Phi) is 6.12. The largest absolute Gasteiger partial charge is 0.497 e. The number of nitro benzene ring substituents is 1. The van der Waals surface area contributed by atoms with E-state index in [9.17, 15) is 14.9 Å². The first-order valence-corrected chi connectivity index (χ1v) is 10.0. The quantitative estimate of drug-likeness (QED) is 0.281. The summed E-state index contributed by atoms with van der Waals surface area (Å²) in [5.41, 5.74) is 2.69. The number of hydrogen-bond donors (Lipinski definition) is 2. The van der Waals surface area contributed by atoms with E-state index in [1.165, 1.54) is 26.4 Å². The lowest BCUT2D eigenvalue weighted by molar-refractivity contribution is -0.384. The number of methoxy groups -OCH3 is 2. The van der Waals surface area contributed by atoms with Crippen LogP contribution in [-0.2, 0) is 6.54 Å². The second-order valence-corrected chi connectivity index (χ2v) is 7.20. The van der Waals surface area contributed by atoms with E-state index in [-0.39, 0.29) is 11.4 Å². The van der Waals surface area contributed by atoms with E-state index in [0.717, 1.165) is 16.6 Å². The number of carbonyl (C=O) groups excluding carboxylic acids is 1. The minimum Gasteiger partial charge on any atom is -0.497 e. The molecule has 0 spiro atoms. The minimum atomic E-state index is -0.421. The number of carbonyl (C=O) groups is 1. The molecule has 33 heavy (non-hydrogen) atoms. The molecule has 0 fully saturated rings. The highest BCUT2D eigenvalue weighted by atomic mass is 16.6. The van der Waals surface area contributed by atoms with E-state index < -0.39 is 10.8 Å². The molecule has 0 bridgehead atoms. The normalized spacial score (nSPS) is 10.6. The summed E-state index contributed by atoms with van der Waals surface area (Å²) in [6.07, 6.45) is 0. The highest BCUT2D eigenvalue weighted by Gasteiger charge is 2.14. The van der Waals surface area contributed by atoms with Crippen LogP contribution in [0.2, 0.25) is 0 Å². The standard InChI is InChI=1S/C24H21N3O6/c1-31-20-11-18(12-21(13-20)32-2)26-24(28)23-10-16-9-17(6-7-22(16)33-23)25-14-15-4-3-5-19(8-15)27(29)30/h3-13,25H,14H2,1-2H3,(H,26,28). The summed E-state index contributed by atoms with van der Waals surface area (Å²) in [4.78, 5) is 23.2. The summed E-state index contributed by atoms with van der Waals surface area (Å²) in [5.74, 6) is 0.845. The van der Waals surface area contributed by atoms with E-state index in [1.54, 1.807) is 36.4 Å². The van der Waals surface area contributed by atoms with Crippen LogP contribution in [0.5, 0.6) is 11.5 Å². The lowest BCUT2D eigenvalue weighted by atomic mass is 10.2. The highest BCUT2D eigenvalue weighted by Crippen LogP contribution is 2.28. The van der Waals surface area contributed by atoms with Crippen LogP contribution in [-0.4, -0.2) is 25.1 Å². The van der Waals surface area contributed by atoms with Crippen molar-refractivity contribution in [2.75, 3.05) is 24.9 Å². The predicted molar refractivity (Wildman–Crippen MR) is 124 cm³/mol. The Balaban J connectivity index is 1.48. The number of rotatable bonds is 8. The molecule has 9 nitrogen and oxygen atoms in total. The maximum atomic E-state index is 12.7. The molecule has 1 heterocycles. The Hall–Kier alpha value is -4.53. The molecule has 0 unspecified atom stereocenters. The second kappa shape index (κ2) is 9.31. The van der Waals surface area contributed by atoms with E-state index in [2.05, 4.69) is 10.6 Å². The SMILES string of the molecule is COc1cc(NC(=O)c2cc3cc(NCc4cccc([N+](=O)[O-])c4)ccc3o2)cc(OC)c1. The van der Waals surface area contributed by atoms with Gasteiger partial charge in [-0.05, 0) is 29.8 Å². The van der Waals surface area contributed by atoms with Gasteiger partial charge in [-0.3, -0.25) is 14.9 Å². The Morgan fingerprint density at radius 3 is 2.42 bits per heavy atom. The molecule has 9 heteroatoms. The molecule has 0 aliphatic rings. The van der Waals surface area contributed by atoms with E-state index in [1.807, 2.05) is 18.2 Å². The number of nitrogens with one attached hydrogen (secondary N) is 2. The average molecular weight is 447 g/mol. The van der Waals surface area contributed by atoms with Crippen LogP contribution in [0.4, 0.5) is 17.1 Å². The first-order valence-electron chi connectivity index (χ1n) is 10.0. The van der Waals surface area contributed by atoms with Crippen LogP contribution < -0.4 is 20.1 Å². The number of nitrogens with zero attached hydrogens (tertiary/aromatic N) is 1. The molecule has 0 atom stereocenters. The molecular formula is C24H21N3O6. The van der Waals surface area contributed by atoms with Crippen LogP contribution in [0.15, 0.2) is 71.1 Å². The van der Waals surface area contributed by atoms with Gasteiger partial charge in [-0.15, -0.1) is 0 Å². The van der Waals surface area contributed by atoms with Crippen molar-refractivity contribution < 1.29 is 23.6 Å². The van der Waals surface area contributed by atoms with Gasteiger partial charge in [0.15, 0.2) is 5.76 Å². The van der Waals surface area contributed by atoms with E-state index in [0.29, 0.717) is 29.3 Å².